The van der Waals surface area contributed by atoms with E-state index in [1.165, 1.54) is 4.90 Å². The highest BCUT2D eigenvalue weighted by atomic mass is 16.4. The molecule has 0 fully saturated rings. The van der Waals surface area contributed by atoms with Gasteiger partial charge in [-0.2, -0.15) is 0 Å². The fraction of sp³-hybridized carbons (Fsp3) is 0.333. The van der Waals surface area contributed by atoms with Crippen LogP contribution in [0.5, 0.6) is 0 Å². The Hall–Kier alpha value is -2.44. The van der Waals surface area contributed by atoms with Crippen molar-refractivity contribution >= 4 is 28.4 Å². The Morgan fingerprint density at radius 2 is 2.16 bits per heavy atom. The minimum atomic E-state index is -0.538. The Morgan fingerprint density at radius 1 is 1.47 bits per heavy atom. The molecular weight excluding hydrogens is 248 g/mol. The number of carbonyl (C=O) groups excluding carboxylic acids is 1. The zero-order valence-corrected chi connectivity index (χ0v) is 11.0. The van der Waals surface area contributed by atoms with E-state index in [2.05, 4.69) is 10.3 Å². The first-order chi connectivity index (χ1) is 8.88. The second-order valence-electron chi connectivity index (χ2n) is 4.55. The summed E-state index contributed by atoms with van der Waals surface area (Å²) in [5, 5.41) is 3.01. The molecule has 7 nitrogen and oxygen atoms in total. The van der Waals surface area contributed by atoms with Gasteiger partial charge in [0.05, 0.1) is 16.9 Å². The van der Waals surface area contributed by atoms with Crippen LogP contribution in [-0.2, 0) is 4.79 Å². The molecule has 1 heterocycles. The van der Waals surface area contributed by atoms with Crippen LogP contribution >= 0.6 is 0 Å². The van der Waals surface area contributed by atoms with Gasteiger partial charge in [-0.15, -0.1) is 0 Å². The molecule has 1 unspecified atom stereocenters. The van der Waals surface area contributed by atoms with E-state index in [1.807, 2.05) is 0 Å². The van der Waals surface area contributed by atoms with Crippen LogP contribution in [0.1, 0.15) is 6.92 Å². The molecule has 2 aromatic rings. The summed E-state index contributed by atoms with van der Waals surface area (Å²) >= 11 is 0. The highest BCUT2D eigenvalue weighted by Gasteiger charge is 2.16. The third kappa shape index (κ3) is 2.54. The van der Waals surface area contributed by atoms with Gasteiger partial charge in [-0.3, -0.25) is 9.78 Å². The van der Waals surface area contributed by atoms with Crippen molar-refractivity contribution in [3.8, 4) is 0 Å². The Labute approximate surface area is 109 Å². The van der Waals surface area contributed by atoms with Crippen molar-refractivity contribution < 1.29 is 9.21 Å². The number of carbonyl (C=O) groups is 1. The Bertz CT molecular complexity index is 671. The molecule has 1 aromatic heterocycles. The smallest absolute Gasteiger partial charge is 0.408 e. The quantitative estimate of drug-likeness (QED) is 0.704. The molecule has 19 heavy (non-hydrogen) atoms. The van der Waals surface area contributed by atoms with E-state index in [1.54, 1.807) is 33.2 Å². The zero-order chi connectivity index (χ0) is 14.2. The number of hydrogen-bond donors (Lipinski definition) is 3. The molecule has 7 heteroatoms. The van der Waals surface area contributed by atoms with Crippen LogP contribution in [0.15, 0.2) is 21.3 Å². The maximum atomic E-state index is 11.8. The van der Waals surface area contributed by atoms with Crippen molar-refractivity contribution in [2.24, 2.45) is 0 Å². The van der Waals surface area contributed by atoms with Crippen molar-refractivity contribution in [1.29, 1.82) is 0 Å². The first-order valence-electron chi connectivity index (χ1n) is 5.78. The number of anilines is 2. The Morgan fingerprint density at radius 3 is 2.79 bits per heavy atom. The van der Waals surface area contributed by atoms with Gasteiger partial charge >= 0.3 is 5.76 Å². The lowest BCUT2D eigenvalue weighted by atomic mass is 10.2. The summed E-state index contributed by atoms with van der Waals surface area (Å²) in [6.45, 7) is 1.74. The first kappa shape index (κ1) is 13.0. The molecule has 0 spiro atoms. The number of likely N-dealkylation sites (N-methyl/N-ethyl adjacent to an activating group) is 1. The summed E-state index contributed by atoms with van der Waals surface area (Å²) in [6, 6.07) is 2.77. The molecule has 0 saturated carbocycles. The molecule has 0 bridgehead atoms. The van der Waals surface area contributed by atoms with Crippen LogP contribution in [0.2, 0.25) is 0 Å². The number of nitrogen functional groups attached to an aromatic ring is 1. The molecule has 1 amide bonds. The van der Waals surface area contributed by atoms with E-state index in [0.717, 1.165) is 0 Å². The number of hydrogen-bond acceptors (Lipinski definition) is 5. The summed E-state index contributed by atoms with van der Waals surface area (Å²) in [6.07, 6.45) is 0. The fourth-order valence-corrected chi connectivity index (χ4v) is 1.82. The summed E-state index contributed by atoms with van der Waals surface area (Å²) in [5.41, 5.74) is 7.77. The zero-order valence-electron chi connectivity index (χ0n) is 11.0. The monoisotopic (exact) mass is 264 g/mol. The van der Waals surface area contributed by atoms with E-state index in [4.69, 9.17) is 10.2 Å². The number of aromatic amines is 1. The molecule has 0 saturated heterocycles. The standard InChI is InChI=1S/C12H16N4O3/c1-6(11(17)16(2)3)14-8-5-9-10(4-7(8)13)19-12(18)15-9/h4-6,14H,13H2,1-3H3,(H,15,18). The lowest BCUT2D eigenvalue weighted by Gasteiger charge is -2.19. The summed E-state index contributed by atoms with van der Waals surface area (Å²) in [7, 11) is 3.36. The van der Waals surface area contributed by atoms with Gasteiger partial charge in [0.2, 0.25) is 5.91 Å². The highest BCUT2D eigenvalue weighted by Crippen LogP contribution is 2.25. The second-order valence-corrected chi connectivity index (χ2v) is 4.55. The molecule has 1 atom stereocenters. The number of benzene rings is 1. The third-order valence-corrected chi connectivity index (χ3v) is 2.77. The predicted octanol–water partition coefficient (Wildman–Crippen LogP) is 0.592. The molecule has 102 valence electrons. The van der Waals surface area contributed by atoms with Gasteiger partial charge in [-0.1, -0.05) is 0 Å². The fourth-order valence-electron chi connectivity index (χ4n) is 1.82. The topological polar surface area (TPSA) is 104 Å². The SMILES string of the molecule is CC(Nc1cc2[nH]c(=O)oc2cc1N)C(=O)N(C)C. The van der Waals surface area contributed by atoms with Gasteiger partial charge in [0.25, 0.3) is 0 Å². The molecule has 1 aromatic carbocycles. The van der Waals surface area contributed by atoms with Gasteiger partial charge in [0.15, 0.2) is 5.58 Å². The molecule has 2 rings (SSSR count). The van der Waals surface area contributed by atoms with Crippen molar-refractivity contribution in [3.05, 3.63) is 22.7 Å². The molecule has 4 N–H and O–H groups in total. The number of oxazole rings is 1. The lowest BCUT2D eigenvalue weighted by Crippen LogP contribution is -2.36. The molecule has 0 radical (unpaired) electrons. The number of amides is 1. The van der Waals surface area contributed by atoms with E-state index in [-0.39, 0.29) is 5.91 Å². The number of nitrogens with zero attached hydrogens (tertiary/aromatic N) is 1. The average Bonchev–Trinajstić information content (AvgIpc) is 2.67. The van der Waals surface area contributed by atoms with Crippen LogP contribution < -0.4 is 16.8 Å². The van der Waals surface area contributed by atoms with E-state index in [0.29, 0.717) is 22.5 Å². The number of H-pyrrole nitrogens is 1. The van der Waals surface area contributed by atoms with Gasteiger partial charge in [0.1, 0.15) is 6.04 Å². The maximum absolute atomic E-state index is 11.8. The van der Waals surface area contributed by atoms with Gasteiger partial charge in [-0.05, 0) is 13.0 Å². The number of rotatable bonds is 3. The van der Waals surface area contributed by atoms with E-state index < -0.39 is 11.8 Å². The second kappa shape index (κ2) is 4.68. The number of aromatic nitrogens is 1. The molecule has 0 aliphatic rings. The average molecular weight is 264 g/mol. The predicted molar refractivity (Wildman–Crippen MR) is 73.0 cm³/mol. The summed E-state index contributed by atoms with van der Waals surface area (Å²) < 4.78 is 4.90. The van der Waals surface area contributed by atoms with Crippen LogP contribution in [-0.4, -0.2) is 35.9 Å². The third-order valence-electron chi connectivity index (χ3n) is 2.77. The van der Waals surface area contributed by atoms with Crippen molar-refractivity contribution in [2.75, 3.05) is 25.1 Å². The lowest BCUT2D eigenvalue weighted by molar-refractivity contribution is -0.129. The number of nitrogens with two attached hydrogens (primary N) is 1. The van der Waals surface area contributed by atoms with Crippen LogP contribution in [0.4, 0.5) is 11.4 Å². The summed E-state index contributed by atoms with van der Waals surface area (Å²) in [4.78, 5) is 26.9. The molecular formula is C12H16N4O3. The van der Waals surface area contributed by atoms with Crippen LogP contribution in [0, 0.1) is 0 Å². The number of nitrogens with one attached hydrogen (secondary N) is 2. The normalized spacial score (nSPS) is 12.4. The first-order valence-corrected chi connectivity index (χ1v) is 5.78. The summed E-state index contributed by atoms with van der Waals surface area (Å²) in [5.74, 6) is -0.607. The molecule has 0 aliphatic heterocycles. The van der Waals surface area contributed by atoms with Gasteiger partial charge in [-0.25, -0.2) is 4.79 Å². The highest BCUT2D eigenvalue weighted by molar-refractivity contribution is 5.89. The maximum Gasteiger partial charge on any atom is 0.417 e. The van der Waals surface area contributed by atoms with Crippen molar-refractivity contribution in [2.45, 2.75) is 13.0 Å². The van der Waals surface area contributed by atoms with Crippen LogP contribution in [0.25, 0.3) is 11.1 Å². The van der Waals surface area contributed by atoms with Gasteiger partial charge in [0, 0.05) is 20.2 Å². The van der Waals surface area contributed by atoms with Crippen molar-refractivity contribution in [1.82, 2.24) is 9.88 Å². The Kier molecular flexibility index (Phi) is 3.20. The van der Waals surface area contributed by atoms with Gasteiger partial charge < -0.3 is 20.4 Å². The molecule has 0 aliphatic carbocycles. The van der Waals surface area contributed by atoms with Crippen LogP contribution in [0.3, 0.4) is 0 Å². The van der Waals surface area contributed by atoms with E-state index in [9.17, 15) is 9.59 Å². The largest absolute Gasteiger partial charge is 0.417 e. The van der Waals surface area contributed by atoms with Crippen molar-refractivity contribution in [3.63, 3.8) is 0 Å². The van der Waals surface area contributed by atoms with E-state index >= 15 is 0 Å². The minimum Gasteiger partial charge on any atom is -0.408 e. The number of fused-ring (bicyclic) bond motifs is 1. The minimum absolute atomic E-state index is 0.0693. The Balaban J connectivity index is 2.32.